The van der Waals surface area contributed by atoms with E-state index in [-0.39, 0.29) is 12.0 Å². The fraction of sp³-hybridized carbons (Fsp3) is 0.900. The molecule has 0 aliphatic carbocycles. The first kappa shape index (κ1) is 12.3. The number of hydrazine groups is 1. The van der Waals surface area contributed by atoms with Gasteiger partial charge in [0.05, 0.1) is 6.04 Å². The summed E-state index contributed by atoms with van der Waals surface area (Å²) in [6.45, 7) is 5.92. The first-order valence-electron chi connectivity index (χ1n) is 5.51. The van der Waals surface area contributed by atoms with Gasteiger partial charge in [0, 0.05) is 0 Å². The molecule has 5 heteroatoms. The SMILES string of the molecule is CC(C)C([C@H]1CCCNC1)N(N)C(=O)O. The number of amides is 1. The summed E-state index contributed by atoms with van der Waals surface area (Å²) in [7, 11) is 0. The standard InChI is InChI=1S/C10H21N3O2/c1-7(2)9(13(11)10(14)15)8-4-3-5-12-6-8/h7-9,12H,3-6,11H2,1-2H3,(H,14,15)/t8-,9?/m0/s1. The molecule has 1 aliphatic heterocycles. The fourth-order valence-electron chi connectivity index (χ4n) is 2.39. The molecule has 1 aliphatic rings. The van der Waals surface area contributed by atoms with Crippen LogP contribution in [0.15, 0.2) is 0 Å². The van der Waals surface area contributed by atoms with Crippen LogP contribution < -0.4 is 11.2 Å². The smallest absolute Gasteiger partial charge is 0.421 e. The summed E-state index contributed by atoms with van der Waals surface area (Å²) in [6, 6.07) is -0.0877. The van der Waals surface area contributed by atoms with Gasteiger partial charge in [0.1, 0.15) is 0 Å². The predicted molar refractivity (Wildman–Crippen MR) is 58.3 cm³/mol. The maximum atomic E-state index is 10.9. The molecule has 0 bridgehead atoms. The minimum atomic E-state index is -1.04. The molecular weight excluding hydrogens is 194 g/mol. The zero-order chi connectivity index (χ0) is 11.4. The van der Waals surface area contributed by atoms with Gasteiger partial charge < -0.3 is 10.4 Å². The lowest BCUT2D eigenvalue weighted by Gasteiger charge is -2.37. The summed E-state index contributed by atoms with van der Waals surface area (Å²) >= 11 is 0. The van der Waals surface area contributed by atoms with Crippen LogP contribution in [0, 0.1) is 11.8 Å². The second-order valence-corrected chi connectivity index (χ2v) is 4.53. The summed E-state index contributed by atoms with van der Waals surface area (Å²) in [4.78, 5) is 10.9. The van der Waals surface area contributed by atoms with Crippen molar-refractivity contribution in [1.29, 1.82) is 0 Å². The quantitative estimate of drug-likeness (QED) is 0.371. The molecule has 0 spiro atoms. The lowest BCUT2D eigenvalue weighted by Crippen LogP contribution is -2.54. The second kappa shape index (κ2) is 5.32. The predicted octanol–water partition coefficient (Wildman–Crippen LogP) is 0.864. The second-order valence-electron chi connectivity index (χ2n) is 4.53. The minimum Gasteiger partial charge on any atom is -0.464 e. The number of hydrogen-bond donors (Lipinski definition) is 3. The van der Waals surface area contributed by atoms with E-state index >= 15 is 0 Å². The lowest BCUT2D eigenvalue weighted by atomic mass is 9.85. The van der Waals surface area contributed by atoms with Crippen molar-refractivity contribution >= 4 is 6.09 Å². The Morgan fingerprint density at radius 3 is 2.67 bits per heavy atom. The molecule has 0 aromatic carbocycles. The highest BCUT2D eigenvalue weighted by molar-refractivity contribution is 5.64. The molecule has 88 valence electrons. The first-order valence-corrected chi connectivity index (χ1v) is 5.51. The van der Waals surface area contributed by atoms with Crippen molar-refractivity contribution in [2.75, 3.05) is 13.1 Å². The number of nitrogens with zero attached hydrogens (tertiary/aromatic N) is 1. The number of carboxylic acid groups (broad SMARTS) is 1. The molecule has 0 saturated carbocycles. The van der Waals surface area contributed by atoms with Gasteiger partial charge >= 0.3 is 6.09 Å². The number of hydrogen-bond acceptors (Lipinski definition) is 3. The number of rotatable bonds is 3. The van der Waals surface area contributed by atoms with Gasteiger partial charge in [-0.2, -0.15) is 0 Å². The summed E-state index contributed by atoms with van der Waals surface area (Å²) in [5.74, 6) is 6.18. The van der Waals surface area contributed by atoms with Crippen molar-refractivity contribution in [2.24, 2.45) is 17.7 Å². The zero-order valence-electron chi connectivity index (χ0n) is 9.44. The van der Waals surface area contributed by atoms with E-state index < -0.39 is 6.09 Å². The van der Waals surface area contributed by atoms with E-state index in [4.69, 9.17) is 10.9 Å². The molecule has 1 rings (SSSR count). The van der Waals surface area contributed by atoms with E-state index in [1.807, 2.05) is 13.8 Å². The monoisotopic (exact) mass is 215 g/mol. The third-order valence-corrected chi connectivity index (χ3v) is 3.04. The summed E-state index contributed by atoms with van der Waals surface area (Å²) in [5.41, 5.74) is 0. The largest absolute Gasteiger partial charge is 0.464 e. The minimum absolute atomic E-state index is 0.0877. The molecule has 4 N–H and O–H groups in total. The molecule has 15 heavy (non-hydrogen) atoms. The molecule has 1 amide bonds. The van der Waals surface area contributed by atoms with E-state index in [9.17, 15) is 4.79 Å². The third kappa shape index (κ3) is 3.07. The Kier molecular flexibility index (Phi) is 4.35. The third-order valence-electron chi connectivity index (χ3n) is 3.04. The van der Waals surface area contributed by atoms with Crippen LogP contribution in [-0.2, 0) is 0 Å². The van der Waals surface area contributed by atoms with Gasteiger partial charge in [0.2, 0.25) is 0 Å². The number of nitrogens with one attached hydrogen (secondary N) is 1. The van der Waals surface area contributed by atoms with Crippen molar-refractivity contribution in [2.45, 2.75) is 32.7 Å². The average molecular weight is 215 g/mol. The van der Waals surface area contributed by atoms with Crippen molar-refractivity contribution in [3.63, 3.8) is 0 Å². The first-order chi connectivity index (χ1) is 7.04. The highest BCUT2D eigenvalue weighted by Crippen LogP contribution is 2.23. The van der Waals surface area contributed by atoms with Crippen LogP contribution in [0.4, 0.5) is 4.79 Å². The van der Waals surface area contributed by atoms with E-state index in [1.165, 1.54) is 0 Å². The molecule has 0 aromatic heterocycles. The average Bonchev–Trinajstić information content (AvgIpc) is 2.18. The van der Waals surface area contributed by atoms with E-state index in [1.54, 1.807) is 0 Å². The molecule has 5 nitrogen and oxygen atoms in total. The maximum absolute atomic E-state index is 10.9. The Bertz CT molecular complexity index is 215. The molecule has 1 heterocycles. The molecule has 1 saturated heterocycles. The Hall–Kier alpha value is -0.810. The molecule has 2 atom stereocenters. The lowest BCUT2D eigenvalue weighted by molar-refractivity contribution is 0.0756. The summed E-state index contributed by atoms with van der Waals surface area (Å²) in [5, 5.41) is 13.2. The summed E-state index contributed by atoms with van der Waals surface area (Å²) < 4.78 is 0. The van der Waals surface area contributed by atoms with Crippen LogP contribution in [0.5, 0.6) is 0 Å². The van der Waals surface area contributed by atoms with E-state index in [0.29, 0.717) is 5.92 Å². The van der Waals surface area contributed by atoms with Crippen LogP contribution in [0.25, 0.3) is 0 Å². The topological polar surface area (TPSA) is 78.6 Å². The molecule has 1 unspecified atom stereocenters. The van der Waals surface area contributed by atoms with Gasteiger partial charge in [-0.25, -0.2) is 15.6 Å². The molecule has 0 aromatic rings. The molecule has 1 fully saturated rings. The van der Waals surface area contributed by atoms with Crippen LogP contribution in [0.1, 0.15) is 26.7 Å². The van der Waals surface area contributed by atoms with Gasteiger partial charge in [0.15, 0.2) is 0 Å². The van der Waals surface area contributed by atoms with E-state index in [0.717, 1.165) is 30.9 Å². The highest BCUT2D eigenvalue weighted by Gasteiger charge is 2.32. The zero-order valence-corrected chi connectivity index (χ0v) is 9.44. The Labute approximate surface area is 90.6 Å². The summed E-state index contributed by atoms with van der Waals surface area (Å²) in [6.07, 6.45) is 1.11. The van der Waals surface area contributed by atoms with Crippen molar-refractivity contribution in [1.82, 2.24) is 10.3 Å². The van der Waals surface area contributed by atoms with Crippen LogP contribution in [0.2, 0.25) is 0 Å². The Balaban J connectivity index is 2.67. The molecular formula is C10H21N3O2. The number of nitrogens with two attached hydrogens (primary N) is 1. The van der Waals surface area contributed by atoms with Gasteiger partial charge in [-0.05, 0) is 37.8 Å². The number of piperidine rings is 1. The Morgan fingerprint density at radius 2 is 2.27 bits per heavy atom. The van der Waals surface area contributed by atoms with Crippen LogP contribution >= 0.6 is 0 Å². The van der Waals surface area contributed by atoms with Crippen molar-refractivity contribution in [3.05, 3.63) is 0 Å². The maximum Gasteiger partial charge on any atom is 0.421 e. The van der Waals surface area contributed by atoms with Gasteiger partial charge in [-0.15, -0.1) is 0 Å². The van der Waals surface area contributed by atoms with Crippen LogP contribution in [-0.4, -0.2) is 35.3 Å². The van der Waals surface area contributed by atoms with Crippen molar-refractivity contribution in [3.8, 4) is 0 Å². The number of carbonyl (C=O) groups is 1. The molecule has 0 radical (unpaired) electrons. The highest BCUT2D eigenvalue weighted by atomic mass is 16.4. The fourth-order valence-corrected chi connectivity index (χ4v) is 2.39. The van der Waals surface area contributed by atoms with Gasteiger partial charge in [0.25, 0.3) is 0 Å². The van der Waals surface area contributed by atoms with Gasteiger partial charge in [-0.3, -0.25) is 0 Å². The van der Waals surface area contributed by atoms with Gasteiger partial charge in [-0.1, -0.05) is 13.8 Å². The van der Waals surface area contributed by atoms with Crippen molar-refractivity contribution < 1.29 is 9.90 Å². The normalized spacial score (nSPS) is 23.9. The van der Waals surface area contributed by atoms with E-state index in [2.05, 4.69) is 5.32 Å². The van der Waals surface area contributed by atoms with Crippen LogP contribution in [0.3, 0.4) is 0 Å². The Morgan fingerprint density at radius 1 is 1.60 bits per heavy atom.